The van der Waals surface area contributed by atoms with Crippen molar-refractivity contribution in [1.29, 1.82) is 0 Å². The minimum absolute atomic E-state index is 0.255. The van der Waals surface area contributed by atoms with Crippen LogP contribution in [0.15, 0.2) is 23.2 Å². The van der Waals surface area contributed by atoms with Crippen LogP contribution in [-0.4, -0.2) is 38.6 Å². The summed E-state index contributed by atoms with van der Waals surface area (Å²) in [5.74, 6) is 2.57. The number of hydrogen-bond acceptors (Lipinski definition) is 5. The van der Waals surface area contributed by atoms with Crippen LogP contribution < -0.4 is 10.6 Å². The molecule has 0 saturated heterocycles. The summed E-state index contributed by atoms with van der Waals surface area (Å²) in [7, 11) is 0. The van der Waals surface area contributed by atoms with Crippen LogP contribution in [0.4, 0.5) is 10.6 Å². The highest BCUT2D eigenvalue weighted by molar-refractivity contribution is 7.98. The number of anilines is 1. The molecule has 1 aliphatic heterocycles. The highest BCUT2D eigenvalue weighted by Gasteiger charge is 2.14. The summed E-state index contributed by atoms with van der Waals surface area (Å²) in [6.45, 7) is 1.50. The molecule has 0 unspecified atom stereocenters. The first-order valence-electron chi connectivity index (χ1n) is 8.22. The zero-order valence-electron chi connectivity index (χ0n) is 13.8. The van der Waals surface area contributed by atoms with Crippen LogP contribution in [0.5, 0.6) is 0 Å². The van der Waals surface area contributed by atoms with Crippen molar-refractivity contribution in [3.63, 3.8) is 0 Å². The van der Waals surface area contributed by atoms with Gasteiger partial charge in [0.15, 0.2) is 0 Å². The Labute approximate surface area is 145 Å². The second-order valence-electron chi connectivity index (χ2n) is 5.71. The number of urea groups is 1. The van der Waals surface area contributed by atoms with Gasteiger partial charge in [-0.2, -0.15) is 0 Å². The molecule has 0 bridgehead atoms. The molecule has 3 heterocycles. The molecule has 0 fully saturated rings. The zero-order chi connectivity index (χ0) is 16.8. The van der Waals surface area contributed by atoms with Gasteiger partial charge in [-0.3, -0.25) is 5.32 Å². The van der Waals surface area contributed by atoms with Gasteiger partial charge in [0.2, 0.25) is 0 Å². The van der Waals surface area contributed by atoms with Gasteiger partial charge in [0.05, 0.1) is 0 Å². The maximum atomic E-state index is 11.9. The van der Waals surface area contributed by atoms with E-state index >= 15 is 0 Å². The number of nitrogens with one attached hydrogen (secondary N) is 2. The van der Waals surface area contributed by atoms with E-state index in [-0.39, 0.29) is 6.03 Å². The van der Waals surface area contributed by atoms with Crippen molar-refractivity contribution in [3.05, 3.63) is 30.0 Å². The SMILES string of the molecule is CSc1ccc(NC(=O)NCCc2nnc3n2CCCCC3)nc1. The van der Waals surface area contributed by atoms with E-state index in [0.717, 1.165) is 29.5 Å². The van der Waals surface area contributed by atoms with Crippen molar-refractivity contribution in [2.75, 3.05) is 18.1 Å². The van der Waals surface area contributed by atoms with Gasteiger partial charge in [0.25, 0.3) is 0 Å². The quantitative estimate of drug-likeness (QED) is 0.813. The third-order valence-corrected chi connectivity index (χ3v) is 4.75. The summed E-state index contributed by atoms with van der Waals surface area (Å²) in [5.41, 5.74) is 0. The molecule has 3 rings (SSSR count). The fourth-order valence-electron chi connectivity index (χ4n) is 2.75. The Morgan fingerprint density at radius 3 is 3.00 bits per heavy atom. The smallest absolute Gasteiger partial charge is 0.320 e. The van der Waals surface area contributed by atoms with E-state index in [1.54, 1.807) is 24.0 Å². The number of rotatable bonds is 5. The lowest BCUT2D eigenvalue weighted by molar-refractivity contribution is 0.252. The van der Waals surface area contributed by atoms with Gasteiger partial charge in [-0.25, -0.2) is 9.78 Å². The normalized spacial score (nSPS) is 13.9. The maximum absolute atomic E-state index is 11.9. The topological polar surface area (TPSA) is 84.7 Å². The van der Waals surface area contributed by atoms with E-state index in [2.05, 4.69) is 30.4 Å². The first-order chi connectivity index (χ1) is 11.8. The second kappa shape index (κ2) is 8.14. The van der Waals surface area contributed by atoms with E-state index in [0.29, 0.717) is 18.8 Å². The number of aryl methyl sites for hydroxylation is 1. The van der Waals surface area contributed by atoms with Crippen molar-refractivity contribution >= 4 is 23.6 Å². The Kier molecular flexibility index (Phi) is 5.68. The Balaban J connectivity index is 1.47. The second-order valence-corrected chi connectivity index (χ2v) is 6.59. The molecule has 2 aromatic heterocycles. The number of carbonyl (C=O) groups excluding carboxylic acids is 1. The van der Waals surface area contributed by atoms with Gasteiger partial charge in [-0.05, 0) is 31.2 Å². The summed E-state index contributed by atoms with van der Waals surface area (Å²) >= 11 is 1.62. The van der Waals surface area contributed by atoms with Crippen molar-refractivity contribution in [3.8, 4) is 0 Å². The Hall–Kier alpha value is -2.09. The number of thioether (sulfide) groups is 1. The fourth-order valence-corrected chi connectivity index (χ4v) is 3.12. The molecule has 0 spiro atoms. The monoisotopic (exact) mass is 346 g/mol. The van der Waals surface area contributed by atoms with E-state index in [1.165, 1.54) is 19.3 Å². The van der Waals surface area contributed by atoms with Gasteiger partial charge >= 0.3 is 6.03 Å². The highest BCUT2D eigenvalue weighted by Crippen LogP contribution is 2.15. The molecule has 24 heavy (non-hydrogen) atoms. The van der Waals surface area contributed by atoms with Gasteiger partial charge < -0.3 is 9.88 Å². The van der Waals surface area contributed by atoms with Gasteiger partial charge in [0.1, 0.15) is 17.5 Å². The molecule has 1 aliphatic rings. The third kappa shape index (κ3) is 4.25. The number of pyridine rings is 1. The van der Waals surface area contributed by atoms with Crippen LogP contribution >= 0.6 is 11.8 Å². The third-order valence-electron chi connectivity index (χ3n) is 4.03. The number of hydrogen-bond donors (Lipinski definition) is 2. The van der Waals surface area contributed by atoms with Gasteiger partial charge in [-0.15, -0.1) is 22.0 Å². The van der Waals surface area contributed by atoms with E-state index in [1.807, 2.05) is 12.3 Å². The van der Waals surface area contributed by atoms with Gasteiger partial charge in [-0.1, -0.05) is 6.42 Å². The number of amides is 2. The van der Waals surface area contributed by atoms with E-state index < -0.39 is 0 Å². The van der Waals surface area contributed by atoms with Crippen molar-refractivity contribution in [2.45, 2.75) is 43.5 Å². The van der Waals surface area contributed by atoms with Crippen LogP contribution in [0.3, 0.4) is 0 Å². The molecule has 7 nitrogen and oxygen atoms in total. The lowest BCUT2D eigenvalue weighted by Crippen LogP contribution is -2.31. The summed E-state index contributed by atoms with van der Waals surface area (Å²) in [6.07, 6.45) is 9.00. The lowest BCUT2D eigenvalue weighted by atomic mass is 10.2. The first-order valence-corrected chi connectivity index (χ1v) is 9.44. The number of nitrogens with zero attached hydrogens (tertiary/aromatic N) is 4. The first kappa shape index (κ1) is 16.8. The average Bonchev–Trinajstić information content (AvgIpc) is 2.82. The summed E-state index contributed by atoms with van der Waals surface area (Å²) in [4.78, 5) is 17.2. The summed E-state index contributed by atoms with van der Waals surface area (Å²) < 4.78 is 2.20. The van der Waals surface area contributed by atoms with Crippen LogP contribution in [0, 0.1) is 0 Å². The number of aromatic nitrogens is 4. The van der Waals surface area contributed by atoms with Crippen LogP contribution in [0.25, 0.3) is 0 Å². The largest absolute Gasteiger partial charge is 0.337 e. The Morgan fingerprint density at radius 1 is 1.29 bits per heavy atom. The minimum atomic E-state index is -0.255. The molecule has 2 N–H and O–H groups in total. The van der Waals surface area contributed by atoms with Crippen molar-refractivity contribution in [1.82, 2.24) is 25.1 Å². The van der Waals surface area contributed by atoms with E-state index in [9.17, 15) is 4.79 Å². The number of carbonyl (C=O) groups is 1. The molecule has 0 saturated carbocycles. The molecular weight excluding hydrogens is 324 g/mol. The van der Waals surface area contributed by atoms with E-state index in [4.69, 9.17) is 0 Å². The molecule has 2 amide bonds. The molecule has 0 aliphatic carbocycles. The molecule has 2 aromatic rings. The lowest BCUT2D eigenvalue weighted by Gasteiger charge is -2.09. The predicted octanol–water partition coefficient (Wildman–Crippen LogP) is 2.49. The molecule has 0 radical (unpaired) electrons. The average molecular weight is 346 g/mol. The Morgan fingerprint density at radius 2 is 2.21 bits per heavy atom. The molecular formula is C16H22N6OS. The summed E-state index contributed by atoms with van der Waals surface area (Å²) in [6, 6.07) is 3.47. The molecule has 8 heteroatoms. The Bertz CT molecular complexity index is 684. The summed E-state index contributed by atoms with van der Waals surface area (Å²) in [5, 5.41) is 14.1. The maximum Gasteiger partial charge on any atom is 0.320 e. The van der Waals surface area contributed by atoms with Crippen LogP contribution in [-0.2, 0) is 19.4 Å². The highest BCUT2D eigenvalue weighted by atomic mass is 32.2. The van der Waals surface area contributed by atoms with Crippen LogP contribution in [0.1, 0.15) is 30.9 Å². The molecule has 0 atom stereocenters. The van der Waals surface area contributed by atoms with Gasteiger partial charge in [0, 0.05) is 37.0 Å². The minimum Gasteiger partial charge on any atom is -0.337 e. The number of fused-ring (bicyclic) bond motifs is 1. The fraction of sp³-hybridized carbons (Fsp3) is 0.500. The standard InChI is InChI=1S/C16H22N6OS/c1-24-12-6-7-13(18-11-12)19-16(23)17-9-8-15-21-20-14-5-3-2-4-10-22(14)15/h6-7,11H,2-5,8-10H2,1H3,(H2,17,18,19,23). The van der Waals surface area contributed by atoms with Crippen LogP contribution in [0.2, 0.25) is 0 Å². The van der Waals surface area contributed by atoms with Crippen molar-refractivity contribution < 1.29 is 4.79 Å². The zero-order valence-corrected chi connectivity index (χ0v) is 14.6. The predicted molar refractivity (Wildman–Crippen MR) is 94.3 cm³/mol. The molecule has 128 valence electrons. The molecule has 0 aromatic carbocycles. The van der Waals surface area contributed by atoms with Crippen molar-refractivity contribution in [2.24, 2.45) is 0 Å².